The van der Waals surface area contributed by atoms with Crippen molar-refractivity contribution < 1.29 is 9.47 Å². The molecule has 102 valence electrons. The van der Waals surface area contributed by atoms with Crippen LogP contribution in [0.25, 0.3) is 0 Å². The van der Waals surface area contributed by atoms with Crippen molar-refractivity contribution in [3.05, 3.63) is 23.8 Å². The normalized spacial score (nSPS) is 29.9. The maximum absolute atomic E-state index is 5.93. The Bertz CT molecular complexity index is 365. The quantitative estimate of drug-likeness (QED) is 0.574. The first-order valence-electron chi connectivity index (χ1n) is 6.66. The molecule has 1 atom stereocenters. The summed E-state index contributed by atoms with van der Waals surface area (Å²) in [6.45, 7) is 12.0. The third-order valence-corrected chi connectivity index (χ3v) is 5.51. The fourth-order valence-corrected chi connectivity index (χ4v) is 4.03. The summed E-state index contributed by atoms with van der Waals surface area (Å²) >= 11 is 3.79. The first-order valence-corrected chi connectivity index (χ1v) is 7.57. The largest absolute Gasteiger partial charge is 0.346 e. The lowest BCUT2D eigenvalue weighted by atomic mass is 9.68. The minimum Gasteiger partial charge on any atom is -0.346 e. The molecule has 0 aromatic heterocycles. The molecule has 2 nitrogen and oxygen atoms in total. The van der Waals surface area contributed by atoms with Crippen molar-refractivity contribution in [3.8, 4) is 0 Å². The van der Waals surface area contributed by atoms with Crippen LogP contribution in [-0.4, -0.2) is 23.8 Å². The highest BCUT2D eigenvalue weighted by molar-refractivity contribution is 9.09. The Hall–Kier alpha value is -0.120. The number of allylic oxidation sites excluding steroid dienone is 2. The average molecular weight is 315 g/mol. The van der Waals surface area contributed by atoms with Gasteiger partial charge in [-0.2, -0.15) is 0 Å². The molecule has 1 aliphatic heterocycles. The average Bonchev–Trinajstić information content (AvgIpc) is 2.75. The second-order valence-corrected chi connectivity index (χ2v) is 6.84. The Kier molecular flexibility index (Phi) is 4.05. The molecule has 3 heteroatoms. The first kappa shape index (κ1) is 14.3. The van der Waals surface area contributed by atoms with Crippen molar-refractivity contribution in [3.63, 3.8) is 0 Å². The third-order valence-electron chi connectivity index (χ3n) is 4.12. The fourth-order valence-electron chi connectivity index (χ4n) is 3.33. The van der Waals surface area contributed by atoms with Crippen molar-refractivity contribution in [2.24, 2.45) is 5.41 Å². The van der Waals surface area contributed by atoms with Crippen molar-refractivity contribution in [2.45, 2.75) is 50.6 Å². The van der Waals surface area contributed by atoms with Crippen LogP contribution in [0, 0.1) is 5.41 Å². The van der Waals surface area contributed by atoms with Crippen LogP contribution in [0.3, 0.4) is 0 Å². The molecule has 1 fully saturated rings. The summed E-state index contributed by atoms with van der Waals surface area (Å²) < 4.78 is 11.9. The van der Waals surface area contributed by atoms with Gasteiger partial charge in [0.05, 0.1) is 18.0 Å². The molecule has 1 heterocycles. The van der Waals surface area contributed by atoms with Crippen LogP contribution in [-0.2, 0) is 9.47 Å². The van der Waals surface area contributed by atoms with Gasteiger partial charge in [0.25, 0.3) is 0 Å². The highest BCUT2D eigenvalue weighted by atomic mass is 79.9. The van der Waals surface area contributed by atoms with E-state index < -0.39 is 5.79 Å². The first-order chi connectivity index (χ1) is 8.43. The van der Waals surface area contributed by atoms with Gasteiger partial charge in [-0.3, -0.25) is 0 Å². The summed E-state index contributed by atoms with van der Waals surface area (Å²) in [6, 6.07) is 0. The molecule has 0 saturated carbocycles. The predicted molar refractivity (Wildman–Crippen MR) is 77.9 cm³/mol. The zero-order chi connectivity index (χ0) is 13.4. The van der Waals surface area contributed by atoms with E-state index in [1.165, 1.54) is 11.1 Å². The van der Waals surface area contributed by atoms with E-state index >= 15 is 0 Å². The summed E-state index contributed by atoms with van der Waals surface area (Å²) in [5.41, 5.74) is 3.02. The fraction of sp³-hybridized carbons (Fsp3) is 0.733. The van der Waals surface area contributed by atoms with Gasteiger partial charge in [-0.1, -0.05) is 47.0 Å². The van der Waals surface area contributed by atoms with E-state index in [0.717, 1.165) is 19.3 Å². The number of alkyl halides is 1. The highest BCUT2D eigenvalue weighted by Gasteiger charge is 2.52. The van der Waals surface area contributed by atoms with E-state index in [0.29, 0.717) is 13.2 Å². The van der Waals surface area contributed by atoms with Crippen molar-refractivity contribution in [1.82, 2.24) is 0 Å². The molecule has 0 N–H and O–H groups in total. The van der Waals surface area contributed by atoms with E-state index in [9.17, 15) is 0 Å². The molecule has 2 aliphatic rings. The standard InChI is InChI=1S/C15H23BrO2/c1-5-6-7-12-11(2)13(16)15(10-14(12,3)4)17-8-9-18-15/h5,13H,1,6-10H2,2-4H3. The summed E-state index contributed by atoms with van der Waals surface area (Å²) in [7, 11) is 0. The molecule has 0 amide bonds. The van der Waals surface area contributed by atoms with Gasteiger partial charge in [-0.05, 0) is 25.2 Å². The summed E-state index contributed by atoms with van der Waals surface area (Å²) in [5.74, 6) is -0.453. The van der Waals surface area contributed by atoms with E-state index in [2.05, 4.69) is 43.3 Å². The molecule has 1 aliphatic carbocycles. The summed E-state index contributed by atoms with van der Waals surface area (Å²) in [6.07, 6.45) is 5.03. The number of hydrogen-bond donors (Lipinski definition) is 0. The molecule has 2 rings (SSSR count). The van der Waals surface area contributed by atoms with Crippen LogP contribution in [0.4, 0.5) is 0 Å². The van der Waals surface area contributed by atoms with Gasteiger partial charge < -0.3 is 9.47 Å². The van der Waals surface area contributed by atoms with Crippen LogP contribution in [0.5, 0.6) is 0 Å². The monoisotopic (exact) mass is 314 g/mol. The second-order valence-electron chi connectivity index (χ2n) is 5.92. The van der Waals surface area contributed by atoms with Gasteiger partial charge in [-0.25, -0.2) is 0 Å². The van der Waals surface area contributed by atoms with Crippen molar-refractivity contribution in [2.75, 3.05) is 13.2 Å². The molecule has 1 unspecified atom stereocenters. The van der Waals surface area contributed by atoms with E-state index in [1.807, 2.05) is 6.08 Å². The van der Waals surface area contributed by atoms with Gasteiger partial charge in [0.1, 0.15) is 0 Å². The smallest absolute Gasteiger partial charge is 0.185 e. The highest BCUT2D eigenvalue weighted by Crippen LogP contribution is 2.52. The number of halogens is 1. The number of ether oxygens (including phenoxy) is 2. The topological polar surface area (TPSA) is 18.5 Å². The Labute approximate surface area is 119 Å². The van der Waals surface area contributed by atoms with Gasteiger partial charge in [0.15, 0.2) is 5.79 Å². The van der Waals surface area contributed by atoms with E-state index in [1.54, 1.807) is 0 Å². The van der Waals surface area contributed by atoms with Crippen LogP contribution in [0.15, 0.2) is 23.8 Å². The number of hydrogen-bond acceptors (Lipinski definition) is 2. The molecular weight excluding hydrogens is 292 g/mol. The lowest BCUT2D eigenvalue weighted by Crippen LogP contribution is -2.49. The number of rotatable bonds is 3. The lowest BCUT2D eigenvalue weighted by molar-refractivity contribution is -0.173. The van der Waals surface area contributed by atoms with Crippen LogP contribution in [0.2, 0.25) is 0 Å². The van der Waals surface area contributed by atoms with Crippen LogP contribution in [0.1, 0.15) is 40.0 Å². The predicted octanol–water partition coefficient (Wildman–Crippen LogP) is 4.21. The minimum atomic E-state index is -0.453. The van der Waals surface area contributed by atoms with Crippen molar-refractivity contribution >= 4 is 15.9 Å². The summed E-state index contributed by atoms with van der Waals surface area (Å²) in [4.78, 5) is 0.167. The molecule has 1 saturated heterocycles. The molecule has 0 aromatic rings. The second kappa shape index (κ2) is 5.10. The Morgan fingerprint density at radius 2 is 2.00 bits per heavy atom. The maximum Gasteiger partial charge on any atom is 0.185 e. The van der Waals surface area contributed by atoms with Gasteiger partial charge in [0, 0.05) is 6.42 Å². The molecule has 18 heavy (non-hydrogen) atoms. The molecule has 1 spiro atoms. The minimum absolute atomic E-state index is 0.127. The lowest BCUT2D eigenvalue weighted by Gasteiger charge is -2.46. The maximum atomic E-state index is 5.93. The van der Waals surface area contributed by atoms with Crippen LogP contribution >= 0.6 is 15.9 Å². The van der Waals surface area contributed by atoms with Gasteiger partial charge >= 0.3 is 0 Å². The Morgan fingerprint density at radius 3 is 2.56 bits per heavy atom. The Morgan fingerprint density at radius 1 is 1.39 bits per heavy atom. The SMILES string of the molecule is C=CCCC1=C(C)C(Br)C2(CC1(C)C)OCCO2. The van der Waals surface area contributed by atoms with Crippen molar-refractivity contribution in [1.29, 1.82) is 0 Å². The Balaban J connectivity index is 2.34. The van der Waals surface area contributed by atoms with E-state index in [4.69, 9.17) is 9.47 Å². The van der Waals surface area contributed by atoms with Gasteiger partial charge in [0.2, 0.25) is 0 Å². The molecular formula is C15H23BrO2. The van der Waals surface area contributed by atoms with Gasteiger partial charge in [-0.15, -0.1) is 6.58 Å². The molecule has 0 radical (unpaired) electrons. The summed E-state index contributed by atoms with van der Waals surface area (Å²) in [5, 5.41) is 0. The zero-order valence-corrected chi connectivity index (χ0v) is 13.2. The molecule has 0 bridgehead atoms. The zero-order valence-electron chi connectivity index (χ0n) is 11.6. The van der Waals surface area contributed by atoms with E-state index in [-0.39, 0.29) is 10.2 Å². The van der Waals surface area contributed by atoms with Crippen LogP contribution < -0.4 is 0 Å². The molecule has 0 aromatic carbocycles. The third kappa shape index (κ3) is 2.33.